The fourth-order valence-electron chi connectivity index (χ4n) is 2.56. The van der Waals surface area contributed by atoms with E-state index < -0.39 is 0 Å². The Bertz CT molecular complexity index is 476. The lowest BCUT2D eigenvalue weighted by molar-refractivity contribution is -0.118. The van der Waals surface area contributed by atoms with Crippen molar-refractivity contribution in [2.45, 2.75) is 39.2 Å². The molecule has 4 heteroatoms. The Morgan fingerprint density at radius 1 is 1.33 bits per heavy atom. The summed E-state index contributed by atoms with van der Waals surface area (Å²) in [6, 6.07) is 8.55. The molecular formula is C17H27N3O. The van der Waals surface area contributed by atoms with E-state index in [0.29, 0.717) is 12.6 Å². The van der Waals surface area contributed by atoms with Gasteiger partial charge in [-0.15, -0.1) is 0 Å². The number of piperazine rings is 1. The van der Waals surface area contributed by atoms with Crippen molar-refractivity contribution in [3.8, 4) is 0 Å². The minimum absolute atomic E-state index is 0.0623. The summed E-state index contributed by atoms with van der Waals surface area (Å²) in [4.78, 5) is 14.4. The third kappa shape index (κ3) is 4.55. The van der Waals surface area contributed by atoms with Crippen molar-refractivity contribution in [1.29, 1.82) is 0 Å². The lowest BCUT2D eigenvalue weighted by atomic mass is 9.87. The molecule has 4 nitrogen and oxygen atoms in total. The molecule has 2 N–H and O–H groups in total. The van der Waals surface area contributed by atoms with Crippen molar-refractivity contribution in [3.63, 3.8) is 0 Å². The molecule has 0 saturated carbocycles. The minimum Gasteiger partial charge on any atom is -0.325 e. The molecule has 0 spiro atoms. The number of nitrogens with zero attached hydrogens (tertiary/aromatic N) is 1. The normalized spacial score (nSPS) is 20.3. The highest BCUT2D eigenvalue weighted by molar-refractivity contribution is 5.92. The molecule has 0 bridgehead atoms. The number of carbonyl (C=O) groups excluding carboxylic acids is 1. The number of rotatable bonds is 3. The molecule has 0 unspecified atom stereocenters. The number of amides is 1. The average molecular weight is 289 g/mol. The quantitative estimate of drug-likeness (QED) is 0.897. The van der Waals surface area contributed by atoms with Crippen LogP contribution in [0.25, 0.3) is 0 Å². The van der Waals surface area contributed by atoms with Gasteiger partial charge >= 0.3 is 0 Å². The third-order valence-electron chi connectivity index (χ3n) is 4.02. The molecule has 1 aliphatic heterocycles. The molecule has 1 atom stereocenters. The van der Waals surface area contributed by atoms with Gasteiger partial charge in [-0.3, -0.25) is 9.69 Å². The Morgan fingerprint density at radius 2 is 2.00 bits per heavy atom. The van der Waals surface area contributed by atoms with E-state index in [1.54, 1.807) is 0 Å². The molecule has 0 aromatic heterocycles. The monoisotopic (exact) mass is 289 g/mol. The lowest BCUT2D eigenvalue weighted by Crippen LogP contribution is -2.51. The first-order valence-electron chi connectivity index (χ1n) is 7.71. The molecule has 1 aromatic carbocycles. The molecule has 1 saturated heterocycles. The molecule has 21 heavy (non-hydrogen) atoms. The summed E-state index contributed by atoms with van der Waals surface area (Å²) in [6.45, 7) is 12.0. The van der Waals surface area contributed by atoms with Crippen LogP contribution in [0.3, 0.4) is 0 Å². The van der Waals surface area contributed by atoms with Gasteiger partial charge in [0.05, 0.1) is 6.54 Å². The number of carbonyl (C=O) groups is 1. The highest BCUT2D eigenvalue weighted by atomic mass is 16.2. The molecule has 116 valence electrons. The first-order chi connectivity index (χ1) is 9.86. The van der Waals surface area contributed by atoms with Crippen molar-refractivity contribution in [1.82, 2.24) is 10.2 Å². The maximum Gasteiger partial charge on any atom is 0.238 e. The SMILES string of the molecule is C[C@@H]1CNCCN1CC(=O)Nc1ccc(C(C)(C)C)cc1. The van der Waals surface area contributed by atoms with Crippen LogP contribution >= 0.6 is 0 Å². The van der Waals surface area contributed by atoms with E-state index in [-0.39, 0.29) is 11.3 Å². The van der Waals surface area contributed by atoms with Crippen molar-refractivity contribution >= 4 is 11.6 Å². The molecule has 0 radical (unpaired) electrons. The molecule has 1 aliphatic rings. The highest BCUT2D eigenvalue weighted by Gasteiger charge is 2.20. The maximum absolute atomic E-state index is 12.1. The van der Waals surface area contributed by atoms with Crippen LogP contribution in [-0.4, -0.2) is 43.0 Å². The fraction of sp³-hybridized carbons (Fsp3) is 0.588. The largest absolute Gasteiger partial charge is 0.325 e. The maximum atomic E-state index is 12.1. The average Bonchev–Trinajstić information content (AvgIpc) is 2.41. The zero-order valence-corrected chi connectivity index (χ0v) is 13.6. The van der Waals surface area contributed by atoms with Gasteiger partial charge < -0.3 is 10.6 Å². The summed E-state index contributed by atoms with van der Waals surface area (Å²) >= 11 is 0. The molecule has 0 aliphatic carbocycles. The van der Waals surface area contributed by atoms with Gasteiger partial charge in [-0.1, -0.05) is 32.9 Å². The molecular weight excluding hydrogens is 262 g/mol. The first-order valence-corrected chi connectivity index (χ1v) is 7.71. The van der Waals surface area contributed by atoms with Crippen molar-refractivity contribution in [3.05, 3.63) is 29.8 Å². The Hall–Kier alpha value is -1.39. The zero-order valence-electron chi connectivity index (χ0n) is 13.6. The second-order valence-electron chi connectivity index (χ2n) is 6.90. The van der Waals surface area contributed by atoms with Crippen LogP contribution in [-0.2, 0) is 10.2 Å². The topological polar surface area (TPSA) is 44.4 Å². The molecule has 1 heterocycles. The van der Waals surface area contributed by atoms with Crippen LogP contribution in [0.15, 0.2) is 24.3 Å². The fourth-order valence-corrected chi connectivity index (χ4v) is 2.56. The van der Waals surface area contributed by atoms with E-state index in [2.05, 4.69) is 55.4 Å². The van der Waals surface area contributed by atoms with E-state index in [9.17, 15) is 4.79 Å². The molecule has 1 amide bonds. The molecule has 1 aromatic rings. The van der Waals surface area contributed by atoms with Gasteiger partial charge in [0.15, 0.2) is 0 Å². The van der Waals surface area contributed by atoms with Gasteiger partial charge in [-0.25, -0.2) is 0 Å². The van der Waals surface area contributed by atoms with Crippen LogP contribution < -0.4 is 10.6 Å². The predicted octanol–water partition coefficient (Wildman–Crippen LogP) is 2.22. The Morgan fingerprint density at radius 3 is 2.57 bits per heavy atom. The second kappa shape index (κ2) is 6.58. The summed E-state index contributed by atoms with van der Waals surface area (Å²) in [5, 5.41) is 6.32. The summed E-state index contributed by atoms with van der Waals surface area (Å²) in [7, 11) is 0. The number of benzene rings is 1. The predicted molar refractivity (Wildman–Crippen MR) is 87.7 cm³/mol. The summed E-state index contributed by atoms with van der Waals surface area (Å²) < 4.78 is 0. The highest BCUT2D eigenvalue weighted by Crippen LogP contribution is 2.23. The Balaban J connectivity index is 1.90. The standard InChI is InChI=1S/C17H27N3O/c1-13-11-18-9-10-20(13)12-16(21)19-15-7-5-14(6-8-15)17(2,3)4/h5-8,13,18H,9-12H2,1-4H3,(H,19,21)/t13-/m1/s1. The van der Waals surface area contributed by atoms with Gasteiger partial charge in [0.1, 0.15) is 0 Å². The van der Waals surface area contributed by atoms with Crippen LogP contribution in [0, 0.1) is 0 Å². The van der Waals surface area contributed by atoms with E-state index in [0.717, 1.165) is 25.3 Å². The number of anilines is 1. The Labute approximate surface area is 127 Å². The van der Waals surface area contributed by atoms with Crippen molar-refractivity contribution in [2.75, 3.05) is 31.5 Å². The van der Waals surface area contributed by atoms with Gasteiger partial charge in [0.25, 0.3) is 0 Å². The van der Waals surface area contributed by atoms with Gasteiger partial charge in [0.2, 0.25) is 5.91 Å². The van der Waals surface area contributed by atoms with E-state index in [4.69, 9.17) is 0 Å². The number of hydrogen-bond acceptors (Lipinski definition) is 3. The molecule has 2 rings (SSSR count). The molecule has 1 fully saturated rings. The van der Waals surface area contributed by atoms with Gasteiger partial charge in [-0.2, -0.15) is 0 Å². The van der Waals surface area contributed by atoms with E-state index in [1.807, 2.05) is 12.1 Å². The summed E-state index contributed by atoms with van der Waals surface area (Å²) in [5.41, 5.74) is 2.28. The van der Waals surface area contributed by atoms with Gasteiger partial charge in [0, 0.05) is 31.4 Å². The van der Waals surface area contributed by atoms with Crippen LogP contribution in [0.4, 0.5) is 5.69 Å². The van der Waals surface area contributed by atoms with Crippen molar-refractivity contribution in [2.24, 2.45) is 0 Å². The van der Waals surface area contributed by atoms with E-state index in [1.165, 1.54) is 5.56 Å². The minimum atomic E-state index is 0.0623. The van der Waals surface area contributed by atoms with Crippen LogP contribution in [0.2, 0.25) is 0 Å². The van der Waals surface area contributed by atoms with Crippen LogP contribution in [0.1, 0.15) is 33.3 Å². The number of hydrogen-bond donors (Lipinski definition) is 2. The second-order valence-corrected chi connectivity index (χ2v) is 6.90. The first kappa shape index (κ1) is 16.0. The van der Waals surface area contributed by atoms with Gasteiger partial charge in [-0.05, 0) is 30.0 Å². The Kier molecular flexibility index (Phi) is 5.01. The third-order valence-corrected chi connectivity index (χ3v) is 4.02. The van der Waals surface area contributed by atoms with Crippen LogP contribution in [0.5, 0.6) is 0 Å². The zero-order chi connectivity index (χ0) is 15.5. The van der Waals surface area contributed by atoms with E-state index >= 15 is 0 Å². The lowest BCUT2D eigenvalue weighted by Gasteiger charge is -2.33. The summed E-state index contributed by atoms with van der Waals surface area (Å²) in [6.07, 6.45) is 0. The number of nitrogens with one attached hydrogen (secondary N) is 2. The summed E-state index contributed by atoms with van der Waals surface area (Å²) in [5.74, 6) is 0.0623. The van der Waals surface area contributed by atoms with Crippen molar-refractivity contribution < 1.29 is 4.79 Å². The smallest absolute Gasteiger partial charge is 0.238 e.